The molecule has 0 radical (unpaired) electrons. The SMILES string of the molecule is CCc1ccc(CN(C)C(=NC)NCc2ccco2)cc1. The molecule has 0 saturated heterocycles. The molecule has 0 unspecified atom stereocenters. The van der Waals surface area contributed by atoms with Gasteiger partial charge >= 0.3 is 0 Å². The molecule has 4 nitrogen and oxygen atoms in total. The van der Waals surface area contributed by atoms with Crippen molar-refractivity contribution in [2.45, 2.75) is 26.4 Å². The van der Waals surface area contributed by atoms with Crippen LogP contribution in [0, 0.1) is 0 Å². The first kappa shape index (κ1) is 15.2. The third kappa shape index (κ3) is 4.38. The monoisotopic (exact) mass is 285 g/mol. The van der Waals surface area contributed by atoms with E-state index in [1.807, 2.05) is 19.2 Å². The lowest BCUT2D eigenvalue weighted by Crippen LogP contribution is -2.37. The highest BCUT2D eigenvalue weighted by molar-refractivity contribution is 5.79. The molecule has 21 heavy (non-hydrogen) atoms. The van der Waals surface area contributed by atoms with Crippen molar-refractivity contribution < 1.29 is 4.42 Å². The molecule has 0 fully saturated rings. The normalized spacial score (nSPS) is 11.5. The van der Waals surface area contributed by atoms with Crippen molar-refractivity contribution in [3.8, 4) is 0 Å². The minimum absolute atomic E-state index is 0.638. The maximum absolute atomic E-state index is 5.32. The number of aryl methyl sites for hydroxylation is 1. The van der Waals surface area contributed by atoms with Crippen molar-refractivity contribution >= 4 is 5.96 Å². The van der Waals surface area contributed by atoms with E-state index in [0.717, 1.165) is 24.7 Å². The third-order valence-electron chi connectivity index (χ3n) is 3.43. The van der Waals surface area contributed by atoms with E-state index in [2.05, 4.69) is 46.4 Å². The number of rotatable bonds is 5. The van der Waals surface area contributed by atoms with Gasteiger partial charge < -0.3 is 14.6 Å². The van der Waals surface area contributed by atoms with Gasteiger partial charge in [-0.25, -0.2) is 0 Å². The van der Waals surface area contributed by atoms with Gasteiger partial charge in [-0.05, 0) is 29.7 Å². The largest absolute Gasteiger partial charge is 0.467 e. The standard InChI is InChI=1S/C17H23N3O/c1-4-14-7-9-15(10-8-14)13-20(3)17(18-2)19-12-16-6-5-11-21-16/h5-11H,4,12-13H2,1-3H3,(H,18,19). The van der Waals surface area contributed by atoms with Crippen LogP contribution in [-0.2, 0) is 19.5 Å². The van der Waals surface area contributed by atoms with E-state index in [4.69, 9.17) is 4.42 Å². The van der Waals surface area contributed by atoms with Crippen LogP contribution in [0.15, 0.2) is 52.1 Å². The summed E-state index contributed by atoms with van der Waals surface area (Å²) >= 11 is 0. The van der Waals surface area contributed by atoms with Crippen LogP contribution in [0.5, 0.6) is 0 Å². The van der Waals surface area contributed by atoms with Gasteiger partial charge in [0, 0.05) is 20.6 Å². The maximum Gasteiger partial charge on any atom is 0.194 e. The van der Waals surface area contributed by atoms with Gasteiger partial charge in [-0.15, -0.1) is 0 Å². The molecule has 1 heterocycles. The lowest BCUT2D eigenvalue weighted by atomic mass is 10.1. The van der Waals surface area contributed by atoms with Crippen molar-refractivity contribution in [1.29, 1.82) is 0 Å². The molecule has 112 valence electrons. The first-order chi connectivity index (χ1) is 10.2. The molecule has 1 N–H and O–H groups in total. The summed E-state index contributed by atoms with van der Waals surface area (Å²) in [5.41, 5.74) is 2.64. The molecule has 4 heteroatoms. The van der Waals surface area contributed by atoms with Crippen molar-refractivity contribution in [3.05, 3.63) is 59.5 Å². The lowest BCUT2D eigenvalue weighted by molar-refractivity contribution is 0.459. The average Bonchev–Trinajstić information content (AvgIpc) is 3.02. The second kappa shape index (κ2) is 7.53. The molecule has 0 saturated carbocycles. The molecular formula is C17H23N3O. The number of benzene rings is 1. The number of nitrogens with one attached hydrogen (secondary N) is 1. The van der Waals surface area contributed by atoms with Crippen molar-refractivity contribution in [2.75, 3.05) is 14.1 Å². The maximum atomic E-state index is 5.32. The zero-order valence-electron chi connectivity index (χ0n) is 13.0. The van der Waals surface area contributed by atoms with Gasteiger partial charge in [0.2, 0.25) is 0 Å². The van der Waals surface area contributed by atoms with Crippen LogP contribution in [0.4, 0.5) is 0 Å². The van der Waals surface area contributed by atoms with Crippen molar-refractivity contribution in [3.63, 3.8) is 0 Å². The Morgan fingerprint density at radius 1 is 1.19 bits per heavy atom. The summed E-state index contributed by atoms with van der Waals surface area (Å²) in [6.45, 7) is 3.63. The zero-order chi connectivity index (χ0) is 15.1. The summed E-state index contributed by atoms with van der Waals surface area (Å²) in [6, 6.07) is 12.6. The summed E-state index contributed by atoms with van der Waals surface area (Å²) in [7, 11) is 3.83. The van der Waals surface area contributed by atoms with E-state index >= 15 is 0 Å². The predicted octanol–water partition coefficient (Wildman–Crippen LogP) is 3.05. The van der Waals surface area contributed by atoms with Gasteiger partial charge in [-0.3, -0.25) is 4.99 Å². The fourth-order valence-corrected chi connectivity index (χ4v) is 2.19. The smallest absolute Gasteiger partial charge is 0.194 e. The highest BCUT2D eigenvalue weighted by Gasteiger charge is 2.07. The van der Waals surface area contributed by atoms with Gasteiger partial charge in [-0.2, -0.15) is 0 Å². The van der Waals surface area contributed by atoms with Crippen LogP contribution >= 0.6 is 0 Å². The van der Waals surface area contributed by atoms with Crippen molar-refractivity contribution in [2.24, 2.45) is 4.99 Å². The van der Waals surface area contributed by atoms with E-state index in [0.29, 0.717) is 6.54 Å². The average molecular weight is 285 g/mol. The number of hydrogen-bond acceptors (Lipinski definition) is 2. The minimum atomic E-state index is 0.638. The first-order valence-electron chi connectivity index (χ1n) is 7.25. The van der Waals surface area contributed by atoms with E-state index in [-0.39, 0.29) is 0 Å². The molecule has 0 aliphatic rings. The summed E-state index contributed by atoms with van der Waals surface area (Å²) in [5, 5.41) is 3.30. The molecule has 0 atom stereocenters. The molecule has 0 amide bonds. The molecular weight excluding hydrogens is 262 g/mol. The Morgan fingerprint density at radius 3 is 2.48 bits per heavy atom. The molecule has 0 spiro atoms. The molecule has 0 aliphatic carbocycles. The first-order valence-corrected chi connectivity index (χ1v) is 7.25. The fraction of sp³-hybridized carbons (Fsp3) is 0.353. The number of nitrogens with zero attached hydrogens (tertiary/aromatic N) is 2. The number of furan rings is 1. The Bertz CT molecular complexity index is 558. The highest BCUT2D eigenvalue weighted by Crippen LogP contribution is 2.08. The number of aliphatic imine (C=N–C) groups is 1. The third-order valence-corrected chi connectivity index (χ3v) is 3.43. The van der Waals surface area contributed by atoms with E-state index in [1.165, 1.54) is 11.1 Å². The summed E-state index contributed by atoms with van der Waals surface area (Å²) in [6.07, 6.45) is 2.75. The van der Waals surface area contributed by atoms with Gasteiger partial charge in [0.05, 0.1) is 12.8 Å². The summed E-state index contributed by atoms with van der Waals surface area (Å²) in [5.74, 6) is 1.75. The molecule has 1 aromatic heterocycles. The number of guanidine groups is 1. The second-order valence-corrected chi connectivity index (χ2v) is 5.01. The summed E-state index contributed by atoms with van der Waals surface area (Å²) < 4.78 is 5.32. The summed E-state index contributed by atoms with van der Waals surface area (Å²) in [4.78, 5) is 6.41. The Labute approximate surface area is 126 Å². The predicted molar refractivity (Wildman–Crippen MR) is 86.2 cm³/mol. The lowest BCUT2D eigenvalue weighted by Gasteiger charge is -2.22. The zero-order valence-corrected chi connectivity index (χ0v) is 13.0. The minimum Gasteiger partial charge on any atom is -0.467 e. The Balaban J connectivity index is 1.91. The van der Waals surface area contributed by atoms with Gasteiger partial charge in [-0.1, -0.05) is 31.2 Å². The molecule has 0 bridgehead atoms. The van der Waals surface area contributed by atoms with Crippen LogP contribution in [0.3, 0.4) is 0 Å². The van der Waals surface area contributed by atoms with E-state index in [1.54, 1.807) is 13.3 Å². The van der Waals surface area contributed by atoms with Crippen molar-refractivity contribution in [1.82, 2.24) is 10.2 Å². The van der Waals surface area contributed by atoms with E-state index < -0.39 is 0 Å². The molecule has 1 aromatic carbocycles. The van der Waals surface area contributed by atoms with Crippen LogP contribution in [-0.4, -0.2) is 25.0 Å². The molecule has 0 aliphatic heterocycles. The van der Waals surface area contributed by atoms with E-state index in [9.17, 15) is 0 Å². The van der Waals surface area contributed by atoms with Crippen LogP contribution in [0.25, 0.3) is 0 Å². The van der Waals surface area contributed by atoms with Crippen LogP contribution < -0.4 is 5.32 Å². The quantitative estimate of drug-likeness (QED) is 0.678. The second-order valence-electron chi connectivity index (χ2n) is 5.01. The van der Waals surface area contributed by atoms with Gasteiger partial charge in [0.25, 0.3) is 0 Å². The molecule has 2 rings (SSSR count). The Kier molecular flexibility index (Phi) is 5.43. The fourth-order valence-electron chi connectivity index (χ4n) is 2.19. The Hall–Kier alpha value is -2.23. The Morgan fingerprint density at radius 2 is 1.90 bits per heavy atom. The van der Waals surface area contributed by atoms with Gasteiger partial charge in [0.15, 0.2) is 5.96 Å². The topological polar surface area (TPSA) is 40.8 Å². The van der Waals surface area contributed by atoms with Crippen LogP contribution in [0.2, 0.25) is 0 Å². The highest BCUT2D eigenvalue weighted by atomic mass is 16.3. The number of hydrogen-bond donors (Lipinski definition) is 1. The molecule has 2 aromatic rings. The van der Waals surface area contributed by atoms with Crippen LogP contribution in [0.1, 0.15) is 23.8 Å². The van der Waals surface area contributed by atoms with Gasteiger partial charge in [0.1, 0.15) is 5.76 Å².